The highest BCUT2D eigenvalue weighted by atomic mass is 16.5. The molecule has 1 rings (SSSR count). The minimum Gasteiger partial charge on any atom is -0.481 e. The molecule has 1 unspecified atom stereocenters. The third-order valence-corrected chi connectivity index (χ3v) is 1.57. The lowest BCUT2D eigenvalue weighted by Gasteiger charge is -2.07. The molecule has 5 heteroatoms. The van der Waals surface area contributed by atoms with E-state index in [-0.39, 0.29) is 0 Å². The van der Waals surface area contributed by atoms with E-state index in [1.54, 1.807) is 6.07 Å². The second-order valence-corrected chi connectivity index (χ2v) is 2.46. The number of terminal acetylenes is 1. The summed E-state index contributed by atoms with van der Waals surface area (Å²) in [6.07, 6.45) is 5.15. The number of hydrogen-bond acceptors (Lipinski definition) is 5. The average Bonchev–Trinajstić information content (AvgIpc) is 2.27. The van der Waals surface area contributed by atoms with Crippen molar-refractivity contribution in [3.8, 4) is 24.1 Å². The van der Waals surface area contributed by atoms with Gasteiger partial charge in [-0.3, -0.25) is 0 Å². The number of nitrogens with two attached hydrogens (primary N) is 1. The van der Waals surface area contributed by atoms with E-state index in [4.69, 9.17) is 21.6 Å². The highest BCUT2D eigenvalue weighted by molar-refractivity contribution is 5.24. The fourth-order valence-corrected chi connectivity index (χ4v) is 0.844. The number of nitrogens with zero attached hydrogens (tertiary/aromatic N) is 2. The Kier molecular flexibility index (Phi) is 3.26. The predicted molar refractivity (Wildman–Crippen MR) is 50.9 cm³/mol. The quantitative estimate of drug-likeness (QED) is 0.691. The maximum atomic E-state index is 5.57. The summed E-state index contributed by atoms with van der Waals surface area (Å²) in [7, 11) is 2.99. The molecule has 14 heavy (non-hydrogen) atoms. The van der Waals surface area contributed by atoms with Crippen LogP contribution in [-0.2, 0) is 0 Å². The van der Waals surface area contributed by atoms with Crippen molar-refractivity contribution in [1.82, 2.24) is 9.97 Å². The van der Waals surface area contributed by atoms with Crippen LogP contribution in [0.2, 0.25) is 0 Å². The maximum absolute atomic E-state index is 5.57. The van der Waals surface area contributed by atoms with Crippen LogP contribution in [0.4, 0.5) is 0 Å². The molecule has 74 valence electrons. The van der Waals surface area contributed by atoms with Gasteiger partial charge in [-0.25, -0.2) is 0 Å². The summed E-state index contributed by atoms with van der Waals surface area (Å²) in [4.78, 5) is 7.98. The largest absolute Gasteiger partial charge is 0.481 e. The van der Waals surface area contributed by atoms with E-state index in [0.717, 1.165) is 0 Å². The van der Waals surface area contributed by atoms with Crippen LogP contribution in [0.1, 0.15) is 11.9 Å². The molecule has 0 radical (unpaired) electrons. The summed E-state index contributed by atoms with van der Waals surface area (Å²) in [5.41, 5.74) is 5.57. The van der Waals surface area contributed by atoms with Crippen molar-refractivity contribution in [2.24, 2.45) is 5.73 Å². The second kappa shape index (κ2) is 4.44. The molecule has 1 heterocycles. The van der Waals surface area contributed by atoms with Gasteiger partial charge in [0.1, 0.15) is 6.04 Å². The Bertz CT molecular complexity index is 337. The van der Waals surface area contributed by atoms with E-state index in [2.05, 4.69) is 15.9 Å². The highest BCUT2D eigenvalue weighted by Crippen LogP contribution is 2.17. The van der Waals surface area contributed by atoms with Gasteiger partial charge < -0.3 is 15.2 Å². The van der Waals surface area contributed by atoms with Crippen molar-refractivity contribution in [2.75, 3.05) is 14.2 Å². The molecular formula is C9H11N3O2. The van der Waals surface area contributed by atoms with Crippen LogP contribution in [0.25, 0.3) is 0 Å². The van der Waals surface area contributed by atoms with Gasteiger partial charge in [-0.05, 0) is 0 Å². The summed E-state index contributed by atoms with van der Waals surface area (Å²) in [6, 6.07) is 0.895. The summed E-state index contributed by atoms with van der Waals surface area (Å²) < 4.78 is 9.87. The molecule has 2 N–H and O–H groups in total. The van der Waals surface area contributed by atoms with Gasteiger partial charge >= 0.3 is 0 Å². The molecule has 0 saturated carbocycles. The zero-order valence-electron chi connectivity index (χ0n) is 8.02. The first-order chi connectivity index (χ1) is 6.71. The molecular weight excluding hydrogens is 182 g/mol. The van der Waals surface area contributed by atoms with Crippen molar-refractivity contribution >= 4 is 0 Å². The summed E-state index contributed by atoms with van der Waals surface area (Å²) in [5, 5.41) is 0. The Labute approximate surface area is 82.3 Å². The highest BCUT2D eigenvalue weighted by Gasteiger charge is 2.10. The summed E-state index contributed by atoms with van der Waals surface area (Å²) in [5.74, 6) is 3.38. The van der Waals surface area contributed by atoms with Crippen LogP contribution >= 0.6 is 0 Å². The standard InChI is InChI=1S/C9H11N3O2/c1-4-6(10)9-11-7(13-2)5-8(12-9)14-3/h1,5-6H,10H2,2-3H3. The number of hydrogen-bond donors (Lipinski definition) is 1. The molecule has 1 aromatic heterocycles. The topological polar surface area (TPSA) is 70.3 Å². The fourth-order valence-electron chi connectivity index (χ4n) is 0.844. The molecule has 0 aliphatic carbocycles. The molecule has 0 aliphatic heterocycles. The minimum atomic E-state index is -0.654. The fraction of sp³-hybridized carbons (Fsp3) is 0.333. The molecule has 0 aliphatic rings. The molecule has 5 nitrogen and oxygen atoms in total. The Hall–Kier alpha value is -1.80. The monoisotopic (exact) mass is 193 g/mol. The number of rotatable bonds is 3. The third kappa shape index (κ3) is 2.12. The SMILES string of the molecule is C#CC(N)c1nc(OC)cc(OC)n1. The summed E-state index contributed by atoms with van der Waals surface area (Å²) in [6.45, 7) is 0. The molecule has 0 saturated heterocycles. The molecule has 0 fully saturated rings. The van der Waals surface area contributed by atoms with Gasteiger partial charge in [0.15, 0.2) is 5.82 Å². The molecule has 0 amide bonds. The van der Waals surface area contributed by atoms with Crippen molar-refractivity contribution in [3.05, 3.63) is 11.9 Å². The Morgan fingerprint density at radius 1 is 1.36 bits per heavy atom. The lowest BCUT2D eigenvalue weighted by atomic mass is 10.3. The molecule has 1 atom stereocenters. The van der Waals surface area contributed by atoms with Gasteiger partial charge in [-0.15, -0.1) is 6.42 Å². The van der Waals surface area contributed by atoms with Gasteiger partial charge in [0.05, 0.1) is 20.3 Å². The number of aromatic nitrogens is 2. The van der Waals surface area contributed by atoms with Gasteiger partial charge in [0, 0.05) is 0 Å². The van der Waals surface area contributed by atoms with Crippen LogP contribution in [0.15, 0.2) is 6.07 Å². The van der Waals surface area contributed by atoms with Crippen LogP contribution in [0.5, 0.6) is 11.8 Å². The van der Waals surface area contributed by atoms with Gasteiger partial charge in [-0.2, -0.15) is 9.97 Å². The molecule has 1 aromatic rings. The third-order valence-electron chi connectivity index (χ3n) is 1.57. The lowest BCUT2D eigenvalue weighted by Crippen LogP contribution is -2.12. The van der Waals surface area contributed by atoms with Crippen molar-refractivity contribution < 1.29 is 9.47 Å². The van der Waals surface area contributed by atoms with Gasteiger partial charge in [0.25, 0.3) is 0 Å². The first kappa shape index (κ1) is 10.3. The van der Waals surface area contributed by atoms with Crippen LogP contribution in [0, 0.1) is 12.3 Å². The zero-order chi connectivity index (χ0) is 10.6. The zero-order valence-corrected chi connectivity index (χ0v) is 8.02. The second-order valence-electron chi connectivity index (χ2n) is 2.46. The molecule has 0 bridgehead atoms. The normalized spacial score (nSPS) is 11.6. The van der Waals surface area contributed by atoms with Gasteiger partial charge in [0.2, 0.25) is 11.8 Å². The first-order valence-corrected chi connectivity index (χ1v) is 3.90. The van der Waals surface area contributed by atoms with Crippen molar-refractivity contribution in [1.29, 1.82) is 0 Å². The van der Waals surface area contributed by atoms with Crippen LogP contribution in [0.3, 0.4) is 0 Å². The van der Waals surface area contributed by atoms with E-state index in [0.29, 0.717) is 17.6 Å². The van der Waals surface area contributed by atoms with E-state index < -0.39 is 6.04 Å². The predicted octanol–water partition coefficient (Wildman–Crippen LogP) is 0.127. The van der Waals surface area contributed by atoms with Crippen molar-refractivity contribution in [2.45, 2.75) is 6.04 Å². The van der Waals surface area contributed by atoms with E-state index in [9.17, 15) is 0 Å². The van der Waals surface area contributed by atoms with Gasteiger partial charge in [-0.1, -0.05) is 5.92 Å². The van der Waals surface area contributed by atoms with E-state index in [1.807, 2.05) is 0 Å². The van der Waals surface area contributed by atoms with E-state index in [1.165, 1.54) is 14.2 Å². The first-order valence-electron chi connectivity index (χ1n) is 3.90. The van der Waals surface area contributed by atoms with E-state index >= 15 is 0 Å². The maximum Gasteiger partial charge on any atom is 0.220 e. The lowest BCUT2D eigenvalue weighted by molar-refractivity contribution is 0.367. The minimum absolute atomic E-state index is 0.309. The van der Waals surface area contributed by atoms with Crippen LogP contribution in [-0.4, -0.2) is 24.2 Å². The number of methoxy groups -OCH3 is 2. The smallest absolute Gasteiger partial charge is 0.220 e. The Balaban J connectivity index is 3.12. The summed E-state index contributed by atoms with van der Waals surface area (Å²) >= 11 is 0. The molecule has 0 aromatic carbocycles. The Morgan fingerprint density at radius 3 is 2.21 bits per heavy atom. The van der Waals surface area contributed by atoms with Crippen LogP contribution < -0.4 is 15.2 Å². The Morgan fingerprint density at radius 2 is 1.86 bits per heavy atom. The van der Waals surface area contributed by atoms with Crippen molar-refractivity contribution in [3.63, 3.8) is 0 Å². The number of ether oxygens (including phenoxy) is 2. The molecule has 0 spiro atoms. The average molecular weight is 193 g/mol.